The van der Waals surface area contributed by atoms with E-state index in [0.29, 0.717) is 18.8 Å². The zero-order chi connectivity index (χ0) is 17.7. The van der Waals surface area contributed by atoms with Crippen LogP contribution >= 0.6 is 0 Å². The molecule has 1 atom stereocenters. The molecule has 0 N–H and O–H groups in total. The molecular weight excluding hydrogens is 314 g/mol. The molecule has 0 spiro atoms. The summed E-state index contributed by atoms with van der Waals surface area (Å²) < 4.78 is 5.86. The van der Waals surface area contributed by atoms with Gasteiger partial charge in [0.2, 0.25) is 0 Å². The first-order valence-corrected chi connectivity index (χ1v) is 8.51. The summed E-state index contributed by atoms with van der Waals surface area (Å²) in [6.07, 6.45) is 0.814. The Balaban J connectivity index is 1.55. The Morgan fingerprint density at radius 1 is 1.08 bits per heavy atom. The molecule has 0 aliphatic heterocycles. The van der Waals surface area contributed by atoms with Crippen molar-refractivity contribution in [3.05, 3.63) is 71.8 Å². The zero-order valence-corrected chi connectivity index (χ0v) is 14.6. The van der Waals surface area contributed by atoms with E-state index in [2.05, 4.69) is 19.0 Å². The Hall–Kier alpha value is -2.46. The van der Waals surface area contributed by atoms with Crippen molar-refractivity contribution < 1.29 is 14.4 Å². The largest absolute Gasteiger partial charge is 0.376 e. The molecule has 1 saturated carbocycles. The Morgan fingerprint density at radius 3 is 2.36 bits per heavy atom. The molecule has 3 rings (SSSR count). The lowest BCUT2D eigenvalue weighted by molar-refractivity contribution is 0.0378. The van der Waals surface area contributed by atoms with Gasteiger partial charge in [-0.25, -0.2) is 4.79 Å². The molecule has 25 heavy (non-hydrogen) atoms. The second-order valence-electron chi connectivity index (χ2n) is 7.05. The minimum absolute atomic E-state index is 0.106. The fraction of sp³-hybridized carbons (Fsp3) is 0.333. The van der Waals surface area contributed by atoms with Crippen LogP contribution in [0.15, 0.2) is 65.8 Å². The van der Waals surface area contributed by atoms with E-state index in [-0.39, 0.29) is 11.3 Å². The topological polar surface area (TPSA) is 47.9 Å². The van der Waals surface area contributed by atoms with Crippen LogP contribution in [0.5, 0.6) is 0 Å². The van der Waals surface area contributed by atoms with Gasteiger partial charge in [0.05, 0.1) is 24.5 Å². The molecule has 4 nitrogen and oxygen atoms in total. The maximum Gasteiger partial charge on any atom is 0.365 e. The van der Waals surface area contributed by atoms with Crippen LogP contribution < -0.4 is 0 Å². The number of nitrogens with zero attached hydrogens (tertiary/aromatic N) is 1. The number of carbonyl (C=O) groups excluding carboxylic acids is 1. The van der Waals surface area contributed by atoms with Crippen LogP contribution in [-0.4, -0.2) is 18.3 Å². The van der Waals surface area contributed by atoms with Crippen molar-refractivity contribution in [1.82, 2.24) is 0 Å². The SMILES string of the molecule is CC1(C)C/C(=N\OC(=O)c2ccccc2)C1COCc1ccccc1. The molecular formula is C21H23NO3. The molecule has 1 fully saturated rings. The standard InChI is InChI=1S/C21H23NO3/c1-21(2)13-19(22-25-20(23)17-11-7-4-8-12-17)18(21)15-24-14-16-9-5-3-6-10-16/h3-12,18H,13-15H2,1-2H3/b22-19+. The fourth-order valence-corrected chi connectivity index (χ4v) is 3.05. The molecule has 0 heterocycles. The van der Waals surface area contributed by atoms with Gasteiger partial charge < -0.3 is 9.57 Å². The number of oxime groups is 1. The first-order valence-electron chi connectivity index (χ1n) is 8.51. The Labute approximate surface area is 148 Å². The predicted molar refractivity (Wildman–Crippen MR) is 97.3 cm³/mol. The third-order valence-electron chi connectivity index (χ3n) is 4.63. The summed E-state index contributed by atoms with van der Waals surface area (Å²) in [7, 11) is 0. The van der Waals surface area contributed by atoms with Gasteiger partial charge in [0.15, 0.2) is 0 Å². The highest BCUT2D eigenvalue weighted by Crippen LogP contribution is 2.44. The van der Waals surface area contributed by atoms with Gasteiger partial charge in [0.25, 0.3) is 0 Å². The summed E-state index contributed by atoms with van der Waals surface area (Å²) in [5, 5.41) is 4.10. The third kappa shape index (κ3) is 4.34. The zero-order valence-electron chi connectivity index (χ0n) is 14.6. The van der Waals surface area contributed by atoms with Gasteiger partial charge in [-0.2, -0.15) is 0 Å². The van der Waals surface area contributed by atoms with E-state index in [0.717, 1.165) is 17.7 Å². The van der Waals surface area contributed by atoms with E-state index in [1.807, 2.05) is 36.4 Å². The van der Waals surface area contributed by atoms with Crippen molar-refractivity contribution in [2.45, 2.75) is 26.9 Å². The second kappa shape index (κ2) is 7.62. The van der Waals surface area contributed by atoms with E-state index >= 15 is 0 Å². The molecule has 0 radical (unpaired) electrons. The second-order valence-corrected chi connectivity index (χ2v) is 7.05. The lowest BCUT2D eigenvalue weighted by Crippen LogP contribution is -2.47. The highest BCUT2D eigenvalue weighted by molar-refractivity contribution is 5.95. The van der Waals surface area contributed by atoms with Crippen molar-refractivity contribution in [3.8, 4) is 0 Å². The third-order valence-corrected chi connectivity index (χ3v) is 4.63. The van der Waals surface area contributed by atoms with E-state index in [4.69, 9.17) is 9.57 Å². The summed E-state index contributed by atoms with van der Waals surface area (Å²) in [6.45, 7) is 5.51. The van der Waals surface area contributed by atoms with Gasteiger partial charge in [0, 0.05) is 5.92 Å². The van der Waals surface area contributed by atoms with Gasteiger partial charge in [-0.05, 0) is 29.5 Å². The smallest absolute Gasteiger partial charge is 0.365 e. The normalized spacial score (nSPS) is 20.1. The average molecular weight is 337 g/mol. The monoisotopic (exact) mass is 337 g/mol. The summed E-state index contributed by atoms with van der Waals surface area (Å²) in [6, 6.07) is 19.0. The van der Waals surface area contributed by atoms with Crippen LogP contribution in [0.4, 0.5) is 0 Å². The molecule has 130 valence electrons. The van der Waals surface area contributed by atoms with Crippen LogP contribution in [0.25, 0.3) is 0 Å². The Morgan fingerprint density at radius 2 is 1.72 bits per heavy atom. The van der Waals surface area contributed by atoms with Crippen LogP contribution in [0.2, 0.25) is 0 Å². The van der Waals surface area contributed by atoms with Gasteiger partial charge in [-0.1, -0.05) is 67.5 Å². The first kappa shape index (κ1) is 17.4. The van der Waals surface area contributed by atoms with Crippen LogP contribution in [0, 0.1) is 11.3 Å². The molecule has 4 heteroatoms. The fourth-order valence-electron chi connectivity index (χ4n) is 3.05. The summed E-state index contributed by atoms with van der Waals surface area (Å²) in [4.78, 5) is 17.1. The van der Waals surface area contributed by atoms with Crippen molar-refractivity contribution in [1.29, 1.82) is 0 Å². The first-order chi connectivity index (χ1) is 12.1. The van der Waals surface area contributed by atoms with Gasteiger partial charge in [-0.3, -0.25) is 0 Å². The molecule has 1 unspecified atom stereocenters. The highest BCUT2D eigenvalue weighted by atomic mass is 16.7. The van der Waals surface area contributed by atoms with Crippen LogP contribution in [-0.2, 0) is 16.2 Å². The van der Waals surface area contributed by atoms with E-state index in [9.17, 15) is 4.79 Å². The predicted octanol–water partition coefficient (Wildman–Crippen LogP) is 4.46. The lowest BCUT2D eigenvalue weighted by Gasteiger charge is -2.44. The number of hydrogen-bond donors (Lipinski definition) is 0. The van der Waals surface area contributed by atoms with Crippen molar-refractivity contribution in [2.24, 2.45) is 16.5 Å². The van der Waals surface area contributed by atoms with Gasteiger partial charge in [0.1, 0.15) is 0 Å². The number of ether oxygens (including phenoxy) is 1. The maximum absolute atomic E-state index is 12.0. The lowest BCUT2D eigenvalue weighted by atomic mass is 9.61. The average Bonchev–Trinajstić information content (AvgIpc) is 2.63. The molecule has 1 aliphatic carbocycles. The van der Waals surface area contributed by atoms with Gasteiger partial charge in [-0.15, -0.1) is 0 Å². The minimum atomic E-state index is -0.429. The van der Waals surface area contributed by atoms with Crippen LogP contribution in [0.1, 0.15) is 36.2 Å². The van der Waals surface area contributed by atoms with Crippen molar-refractivity contribution in [2.75, 3.05) is 6.61 Å². The molecule has 2 aromatic rings. The number of benzene rings is 2. The summed E-state index contributed by atoms with van der Waals surface area (Å²) in [5.74, 6) is -0.262. The molecule has 1 aliphatic rings. The Kier molecular flexibility index (Phi) is 5.29. The van der Waals surface area contributed by atoms with Gasteiger partial charge >= 0.3 is 5.97 Å². The summed E-state index contributed by atoms with van der Waals surface area (Å²) >= 11 is 0. The maximum atomic E-state index is 12.0. The number of hydrogen-bond acceptors (Lipinski definition) is 4. The van der Waals surface area contributed by atoms with Crippen molar-refractivity contribution >= 4 is 11.7 Å². The minimum Gasteiger partial charge on any atom is -0.376 e. The van der Waals surface area contributed by atoms with E-state index < -0.39 is 5.97 Å². The molecule has 0 bridgehead atoms. The molecule has 0 aromatic heterocycles. The highest BCUT2D eigenvalue weighted by Gasteiger charge is 2.45. The van der Waals surface area contributed by atoms with Crippen molar-refractivity contribution in [3.63, 3.8) is 0 Å². The Bertz CT molecular complexity index is 738. The number of carbonyl (C=O) groups is 1. The quantitative estimate of drug-likeness (QED) is 0.577. The van der Waals surface area contributed by atoms with E-state index in [1.165, 1.54) is 0 Å². The molecule has 2 aromatic carbocycles. The van der Waals surface area contributed by atoms with Crippen LogP contribution in [0.3, 0.4) is 0 Å². The number of rotatable bonds is 6. The molecule has 0 saturated heterocycles. The van der Waals surface area contributed by atoms with E-state index in [1.54, 1.807) is 24.3 Å². The summed E-state index contributed by atoms with van der Waals surface area (Å²) in [5.41, 5.74) is 2.65. The molecule has 0 amide bonds.